The molecule has 0 aromatic carbocycles. The molecule has 0 bridgehead atoms. The van der Waals surface area contributed by atoms with E-state index in [0.717, 1.165) is 116 Å². The van der Waals surface area contributed by atoms with Crippen molar-refractivity contribution in [2.75, 3.05) is 47.5 Å². The molecule has 2 unspecified atom stereocenters. The van der Waals surface area contributed by atoms with Crippen molar-refractivity contribution in [2.24, 2.45) is 0 Å². The van der Waals surface area contributed by atoms with Crippen molar-refractivity contribution in [3.63, 3.8) is 0 Å². The summed E-state index contributed by atoms with van der Waals surface area (Å²) in [5.74, 6) is -0.820. The fourth-order valence-corrected chi connectivity index (χ4v) is 8.13. The average Bonchev–Trinajstić information content (AvgIpc) is 3.34. The monoisotopic (exact) mass is 1020 g/mol. The van der Waals surface area contributed by atoms with Crippen LogP contribution in [0.25, 0.3) is 0 Å². The van der Waals surface area contributed by atoms with Gasteiger partial charge in [0, 0.05) is 12.8 Å². The number of likely N-dealkylation sites (N-methyl/N-ethyl adjacent to an activating group) is 1. The molecule has 2 atom stereocenters. The zero-order valence-corrected chi connectivity index (χ0v) is 47.5. The van der Waals surface area contributed by atoms with E-state index in [1.807, 2.05) is 21.1 Å². The highest BCUT2D eigenvalue weighted by molar-refractivity contribution is 7.47. The van der Waals surface area contributed by atoms with Gasteiger partial charge in [-0.1, -0.05) is 220 Å². The summed E-state index contributed by atoms with van der Waals surface area (Å²) < 4.78 is 34.5. The number of hydrogen-bond acceptors (Lipinski definition) is 7. The highest BCUT2D eigenvalue weighted by atomic mass is 31.2. The Balaban J connectivity index is 4.08. The van der Waals surface area contributed by atoms with E-state index in [2.05, 4.69) is 123 Å². The predicted molar refractivity (Wildman–Crippen MR) is 307 cm³/mol. The fourth-order valence-electron chi connectivity index (χ4n) is 7.39. The third-order valence-electron chi connectivity index (χ3n) is 11.8. The van der Waals surface area contributed by atoms with E-state index in [-0.39, 0.29) is 32.0 Å². The average molecular weight is 1030 g/mol. The summed E-state index contributed by atoms with van der Waals surface area (Å²) in [6.07, 6.45) is 73.1. The molecule has 0 heterocycles. The van der Waals surface area contributed by atoms with E-state index in [0.29, 0.717) is 17.4 Å². The molecular weight excluding hydrogens is 918 g/mol. The molecule has 1 N–H and O–H groups in total. The zero-order valence-electron chi connectivity index (χ0n) is 46.6. The van der Waals surface area contributed by atoms with Crippen LogP contribution in [0.15, 0.2) is 109 Å². The van der Waals surface area contributed by atoms with Crippen LogP contribution in [0.3, 0.4) is 0 Å². The number of ether oxygens (including phenoxy) is 2. The van der Waals surface area contributed by atoms with E-state index >= 15 is 0 Å². The van der Waals surface area contributed by atoms with Crippen molar-refractivity contribution in [3.05, 3.63) is 109 Å². The minimum Gasteiger partial charge on any atom is -0.462 e. The van der Waals surface area contributed by atoms with Gasteiger partial charge in [-0.2, -0.15) is 0 Å². The minimum atomic E-state index is -4.39. The summed E-state index contributed by atoms with van der Waals surface area (Å²) in [5, 5.41) is 0. The standard InChI is InChI=1S/C62H106NO8P/c1-6-8-10-12-14-16-18-20-21-22-23-24-25-26-27-28-29-30-31-32-33-34-35-36-37-38-39-40-41-43-45-47-49-51-53-55-62(65)71-60(59-70-72(66,67)69-57-56-63(3,4)5)58-68-61(64)54-52-50-48-46-44-42-19-17-15-13-11-9-7-2/h8,10-11,13-14,16-17,19-21,23-24,26-27,29-30,32-33,60H,6-7,9,12,15,18,22,25,28,31,34-59H2,1-5H3/p+1/b10-8-,13-11-,16-14-,19-17-,21-20-,24-23-,27-26-,30-29-,33-32-. The summed E-state index contributed by atoms with van der Waals surface area (Å²) in [5.41, 5.74) is 0. The summed E-state index contributed by atoms with van der Waals surface area (Å²) in [4.78, 5) is 35.6. The van der Waals surface area contributed by atoms with Gasteiger partial charge in [-0.3, -0.25) is 18.6 Å². The summed E-state index contributed by atoms with van der Waals surface area (Å²) in [7, 11) is 1.46. The normalized spacial score (nSPS) is 14.1. The van der Waals surface area contributed by atoms with Crippen LogP contribution in [0, 0.1) is 0 Å². The van der Waals surface area contributed by atoms with Gasteiger partial charge in [0.15, 0.2) is 6.10 Å². The third-order valence-corrected chi connectivity index (χ3v) is 12.8. The summed E-state index contributed by atoms with van der Waals surface area (Å²) >= 11 is 0. The van der Waals surface area contributed by atoms with Crippen molar-refractivity contribution < 1.29 is 42.1 Å². The van der Waals surface area contributed by atoms with Gasteiger partial charge >= 0.3 is 19.8 Å². The number of quaternary nitrogens is 1. The lowest BCUT2D eigenvalue weighted by molar-refractivity contribution is -0.870. The molecule has 0 aromatic rings. The largest absolute Gasteiger partial charge is 0.472 e. The van der Waals surface area contributed by atoms with Crippen molar-refractivity contribution in [1.29, 1.82) is 0 Å². The number of unbranched alkanes of at least 4 members (excludes halogenated alkanes) is 19. The zero-order chi connectivity index (χ0) is 52.7. The van der Waals surface area contributed by atoms with E-state index < -0.39 is 26.5 Å². The number of rotatable bonds is 51. The van der Waals surface area contributed by atoms with Crippen molar-refractivity contribution in [2.45, 2.75) is 225 Å². The smallest absolute Gasteiger partial charge is 0.462 e. The summed E-state index contributed by atoms with van der Waals surface area (Å²) in [6, 6.07) is 0. The molecule has 0 saturated carbocycles. The van der Waals surface area contributed by atoms with Gasteiger partial charge in [0.1, 0.15) is 19.8 Å². The first-order chi connectivity index (χ1) is 35.0. The van der Waals surface area contributed by atoms with Crippen molar-refractivity contribution in [3.8, 4) is 0 Å². The Hall–Kier alpha value is -3.33. The SMILES string of the molecule is CC/C=C\C/C=C\C/C=C\C/C=C\C/C=C\C/C=C\C/C=C\CCCCCCCCCCCCCCCC(=O)OC(COC(=O)CCCCCCC/C=C\C/C=C\CCC)COP(=O)(O)OCC[N+](C)(C)C. The third kappa shape index (κ3) is 56.0. The minimum absolute atomic E-state index is 0.0247. The Bertz CT molecular complexity index is 1580. The van der Waals surface area contributed by atoms with Crippen molar-refractivity contribution >= 4 is 19.8 Å². The number of allylic oxidation sites excluding steroid dienone is 18. The van der Waals surface area contributed by atoms with Gasteiger partial charge < -0.3 is 18.9 Å². The first-order valence-corrected chi connectivity index (χ1v) is 30.1. The first kappa shape index (κ1) is 68.7. The van der Waals surface area contributed by atoms with Crippen LogP contribution < -0.4 is 0 Å². The maximum Gasteiger partial charge on any atom is 0.472 e. The van der Waals surface area contributed by atoms with Gasteiger partial charge in [-0.25, -0.2) is 4.57 Å². The highest BCUT2D eigenvalue weighted by Crippen LogP contribution is 2.43. The topological polar surface area (TPSA) is 108 Å². The number of esters is 2. The van der Waals surface area contributed by atoms with Gasteiger partial charge in [0.05, 0.1) is 27.7 Å². The van der Waals surface area contributed by atoms with Crippen LogP contribution in [-0.4, -0.2) is 74.9 Å². The van der Waals surface area contributed by atoms with Crippen LogP contribution in [0.2, 0.25) is 0 Å². The molecule has 0 aliphatic carbocycles. The molecule has 10 heteroatoms. The Morgan fingerprint density at radius 2 is 0.792 bits per heavy atom. The fraction of sp³-hybridized carbons (Fsp3) is 0.677. The van der Waals surface area contributed by atoms with E-state index in [1.54, 1.807) is 0 Å². The Morgan fingerprint density at radius 1 is 0.444 bits per heavy atom. The van der Waals surface area contributed by atoms with E-state index in [9.17, 15) is 19.0 Å². The first-order valence-electron chi connectivity index (χ1n) is 28.6. The molecular formula is C62H107NO8P+. The number of phosphoric acid groups is 1. The molecule has 0 fully saturated rings. The van der Waals surface area contributed by atoms with Gasteiger partial charge in [0.2, 0.25) is 0 Å². The number of hydrogen-bond donors (Lipinski definition) is 1. The predicted octanol–water partition coefficient (Wildman–Crippen LogP) is 17.8. The molecule has 0 rings (SSSR count). The second kappa shape index (κ2) is 52.5. The van der Waals surface area contributed by atoms with Crippen LogP contribution in [0.5, 0.6) is 0 Å². The Morgan fingerprint density at radius 3 is 1.18 bits per heavy atom. The van der Waals surface area contributed by atoms with Crippen LogP contribution in [-0.2, 0) is 32.7 Å². The second-order valence-electron chi connectivity index (χ2n) is 19.9. The number of phosphoric ester groups is 1. The van der Waals surface area contributed by atoms with Crippen molar-refractivity contribution in [1.82, 2.24) is 0 Å². The maximum atomic E-state index is 12.8. The number of carbonyl (C=O) groups excluding carboxylic acids is 2. The molecule has 0 aliphatic heterocycles. The molecule has 0 aliphatic rings. The molecule has 0 spiro atoms. The van der Waals surface area contributed by atoms with Gasteiger partial charge in [-0.05, 0) is 96.3 Å². The second-order valence-corrected chi connectivity index (χ2v) is 21.4. The van der Waals surface area contributed by atoms with Gasteiger partial charge in [0.25, 0.3) is 0 Å². The lowest BCUT2D eigenvalue weighted by Gasteiger charge is -2.24. The summed E-state index contributed by atoms with van der Waals surface area (Å²) in [6.45, 7) is 4.22. The Labute approximate surface area is 442 Å². The molecule has 72 heavy (non-hydrogen) atoms. The Kier molecular flexibility index (Phi) is 50.1. The van der Waals surface area contributed by atoms with E-state index in [1.165, 1.54) is 70.6 Å². The molecule has 0 saturated heterocycles. The highest BCUT2D eigenvalue weighted by Gasteiger charge is 2.27. The van der Waals surface area contributed by atoms with E-state index in [4.69, 9.17) is 18.5 Å². The maximum absolute atomic E-state index is 12.8. The molecule has 0 aromatic heterocycles. The number of nitrogens with zero attached hydrogens (tertiary/aromatic N) is 1. The van der Waals surface area contributed by atoms with Crippen LogP contribution >= 0.6 is 7.82 Å². The lowest BCUT2D eigenvalue weighted by atomic mass is 10.0. The molecule has 412 valence electrons. The van der Waals surface area contributed by atoms with Crippen LogP contribution in [0.4, 0.5) is 0 Å². The molecule has 0 amide bonds. The quantitative estimate of drug-likeness (QED) is 0.0211. The lowest BCUT2D eigenvalue weighted by Crippen LogP contribution is -2.37. The molecule has 0 radical (unpaired) electrons. The number of carbonyl (C=O) groups is 2. The molecule has 9 nitrogen and oxygen atoms in total. The van der Waals surface area contributed by atoms with Gasteiger partial charge in [-0.15, -0.1) is 0 Å². The van der Waals surface area contributed by atoms with Crippen LogP contribution in [0.1, 0.15) is 219 Å².